The minimum absolute atomic E-state index is 0.328. The molecular weight excluding hydrogens is 360 g/mol. The minimum atomic E-state index is -3.72. The molecule has 5 nitrogen and oxygen atoms in total. The molecule has 0 saturated carbocycles. The standard InChI is InChI=1S/C21H28N2O3S/c1-15-14-20(26-4)16(2)17(3)21(15)27(24,25)22-18-10-6-7-11-19(18)23-12-8-5-9-13-23/h6-7,10-11,14,22H,5,8-9,12-13H2,1-4H3. The van der Waals surface area contributed by atoms with E-state index in [9.17, 15) is 8.42 Å². The lowest BCUT2D eigenvalue weighted by Crippen LogP contribution is -2.30. The van der Waals surface area contributed by atoms with Crippen molar-refractivity contribution < 1.29 is 13.2 Å². The summed E-state index contributed by atoms with van der Waals surface area (Å²) in [5.41, 5.74) is 3.81. The van der Waals surface area contributed by atoms with E-state index in [4.69, 9.17) is 4.74 Å². The van der Waals surface area contributed by atoms with Crippen LogP contribution in [0.1, 0.15) is 36.0 Å². The van der Waals surface area contributed by atoms with Gasteiger partial charge in [-0.25, -0.2) is 8.42 Å². The third kappa shape index (κ3) is 3.90. The van der Waals surface area contributed by atoms with Crippen LogP contribution in [0, 0.1) is 20.8 Å². The van der Waals surface area contributed by atoms with Crippen LogP contribution in [0.4, 0.5) is 11.4 Å². The number of sulfonamides is 1. The number of para-hydroxylation sites is 2. The lowest BCUT2D eigenvalue weighted by Gasteiger charge is -2.30. The normalized spacial score (nSPS) is 14.9. The zero-order valence-corrected chi connectivity index (χ0v) is 17.3. The first-order valence-corrected chi connectivity index (χ1v) is 10.8. The molecule has 1 fully saturated rings. The summed E-state index contributed by atoms with van der Waals surface area (Å²) in [6.07, 6.45) is 3.50. The molecule has 0 aliphatic carbocycles. The maximum atomic E-state index is 13.3. The Labute approximate surface area is 162 Å². The van der Waals surface area contributed by atoms with Crippen LogP contribution < -0.4 is 14.4 Å². The summed E-state index contributed by atoms with van der Waals surface area (Å²) in [7, 11) is -2.12. The van der Waals surface area contributed by atoms with Crippen molar-refractivity contribution in [2.24, 2.45) is 0 Å². The molecule has 0 unspecified atom stereocenters. The van der Waals surface area contributed by atoms with Crippen LogP contribution in [0.15, 0.2) is 35.2 Å². The Morgan fingerprint density at radius 1 is 1.00 bits per heavy atom. The van der Waals surface area contributed by atoms with Gasteiger partial charge in [0.05, 0.1) is 23.4 Å². The van der Waals surface area contributed by atoms with Crippen molar-refractivity contribution >= 4 is 21.4 Å². The van der Waals surface area contributed by atoms with E-state index in [1.807, 2.05) is 38.1 Å². The lowest BCUT2D eigenvalue weighted by molar-refractivity contribution is 0.410. The van der Waals surface area contributed by atoms with Crippen molar-refractivity contribution in [1.82, 2.24) is 0 Å². The Morgan fingerprint density at radius 2 is 1.67 bits per heavy atom. The van der Waals surface area contributed by atoms with Gasteiger partial charge in [0.25, 0.3) is 10.0 Å². The molecule has 3 rings (SSSR count). The fourth-order valence-corrected chi connectivity index (χ4v) is 5.42. The molecular formula is C21H28N2O3S. The molecule has 1 aliphatic heterocycles. The molecule has 1 heterocycles. The van der Waals surface area contributed by atoms with E-state index in [0.717, 1.165) is 42.7 Å². The van der Waals surface area contributed by atoms with E-state index >= 15 is 0 Å². The number of anilines is 2. The Morgan fingerprint density at radius 3 is 2.33 bits per heavy atom. The Kier molecular flexibility index (Phi) is 5.65. The van der Waals surface area contributed by atoms with Crippen molar-refractivity contribution in [1.29, 1.82) is 0 Å². The molecule has 0 bridgehead atoms. The van der Waals surface area contributed by atoms with Gasteiger partial charge in [0.15, 0.2) is 0 Å². The molecule has 0 aromatic heterocycles. The summed E-state index contributed by atoms with van der Waals surface area (Å²) in [6.45, 7) is 7.43. The fourth-order valence-electron chi connectivity index (χ4n) is 3.81. The Hall–Kier alpha value is -2.21. The average molecular weight is 389 g/mol. The van der Waals surface area contributed by atoms with E-state index in [-0.39, 0.29) is 0 Å². The van der Waals surface area contributed by atoms with Crippen molar-refractivity contribution in [3.8, 4) is 5.75 Å². The molecule has 0 amide bonds. The van der Waals surface area contributed by atoms with Gasteiger partial charge in [0.1, 0.15) is 5.75 Å². The molecule has 27 heavy (non-hydrogen) atoms. The second kappa shape index (κ2) is 7.80. The molecule has 6 heteroatoms. The highest BCUT2D eigenvalue weighted by Gasteiger charge is 2.24. The van der Waals surface area contributed by atoms with E-state index < -0.39 is 10.0 Å². The average Bonchev–Trinajstić information content (AvgIpc) is 2.65. The molecule has 2 aromatic rings. The largest absolute Gasteiger partial charge is 0.496 e. The SMILES string of the molecule is COc1cc(C)c(S(=O)(=O)Nc2ccccc2N2CCCCC2)c(C)c1C. The molecule has 0 spiro atoms. The van der Waals surface area contributed by atoms with Crippen LogP contribution in [0.25, 0.3) is 0 Å². The Bertz CT molecular complexity index is 933. The van der Waals surface area contributed by atoms with Crippen LogP contribution in [0.5, 0.6) is 5.75 Å². The molecule has 0 radical (unpaired) electrons. The van der Waals surface area contributed by atoms with Crippen LogP contribution in [0.2, 0.25) is 0 Å². The van der Waals surface area contributed by atoms with Crippen LogP contribution in [0.3, 0.4) is 0 Å². The molecule has 2 aromatic carbocycles. The van der Waals surface area contributed by atoms with Gasteiger partial charge in [0.2, 0.25) is 0 Å². The lowest BCUT2D eigenvalue weighted by atomic mass is 10.1. The third-order valence-corrected chi connectivity index (χ3v) is 6.97. The first-order valence-electron chi connectivity index (χ1n) is 9.36. The van der Waals surface area contributed by atoms with E-state index in [1.54, 1.807) is 20.1 Å². The predicted molar refractivity (Wildman–Crippen MR) is 111 cm³/mol. The minimum Gasteiger partial charge on any atom is -0.496 e. The van der Waals surface area contributed by atoms with E-state index in [2.05, 4.69) is 9.62 Å². The van der Waals surface area contributed by atoms with Crippen molar-refractivity contribution in [2.75, 3.05) is 29.8 Å². The maximum absolute atomic E-state index is 13.3. The van der Waals surface area contributed by atoms with Gasteiger partial charge in [-0.3, -0.25) is 4.72 Å². The van der Waals surface area contributed by atoms with Crippen LogP contribution in [-0.4, -0.2) is 28.6 Å². The first kappa shape index (κ1) is 19.5. The molecule has 1 saturated heterocycles. The predicted octanol–water partition coefficient (Wildman–Crippen LogP) is 4.41. The van der Waals surface area contributed by atoms with E-state index in [1.165, 1.54) is 6.42 Å². The quantitative estimate of drug-likeness (QED) is 0.824. The van der Waals surface area contributed by atoms with Crippen LogP contribution >= 0.6 is 0 Å². The number of nitrogens with one attached hydrogen (secondary N) is 1. The highest BCUT2D eigenvalue weighted by Crippen LogP contribution is 2.34. The van der Waals surface area contributed by atoms with Gasteiger partial charge in [-0.15, -0.1) is 0 Å². The second-order valence-electron chi connectivity index (χ2n) is 7.15. The van der Waals surface area contributed by atoms with E-state index in [0.29, 0.717) is 21.9 Å². The second-order valence-corrected chi connectivity index (χ2v) is 8.76. The molecule has 0 atom stereocenters. The summed E-state index contributed by atoms with van der Waals surface area (Å²) in [6, 6.07) is 9.43. The van der Waals surface area contributed by atoms with Gasteiger partial charge in [-0.05, 0) is 74.9 Å². The fraction of sp³-hybridized carbons (Fsp3) is 0.429. The van der Waals surface area contributed by atoms with Crippen LogP contribution in [-0.2, 0) is 10.0 Å². The summed E-state index contributed by atoms with van der Waals surface area (Å²) in [5, 5.41) is 0. The number of rotatable bonds is 5. The zero-order chi connectivity index (χ0) is 19.6. The highest BCUT2D eigenvalue weighted by molar-refractivity contribution is 7.92. The summed E-state index contributed by atoms with van der Waals surface area (Å²) in [5.74, 6) is 0.706. The van der Waals surface area contributed by atoms with Crippen molar-refractivity contribution in [3.63, 3.8) is 0 Å². The van der Waals surface area contributed by atoms with Crippen molar-refractivity contribution in [3.05, 3.63) is 47.0 Å². The monoisotopic (exact) mass is 388 g/mol. The van der Waals surface area contributed by atoms with Gasteiger partial charge in [-0.1, -0.05) is 12.1 Å². The summed E-state index contributed by atoms with van der Waals surface area (Å²) in [4.78, 5) is 2.59. The zero-order valence-electron chi connectivity index (χ0n) is 16.5. The topological polar surface area (TPSA) is 58.6 Å². The Balaban J connectivity index is 2.00. The number of benzene rings is 2. The summed E-state index contributed by atoms with van der Waals surface area (Å²) >= 11 is 0. The number of piperidine rings is 1. The molecule has 1 aliphatic rings. The third-order valence-electron chi connectivity index (χ3n) is 5.31. The number of hydrogen-bond donors (Lipinski definition) is 1. The maximum Gasteiger partial charge on any atom is 0.262 e. The number of aryl methyl sites for hydroxylation is 1. The smallest absolute Gasteiger partial charge is 0.262 e. The van der Waals surface area contributed by atoms with Gasteiger partial charge in [0, 0.05) is 13.1 Å². The van der Waals surface area contributed by atoms with Gasteiger partial charge in [-0.2, -0.15) is 0 Å². The summed E-state index contributed by atoms with van der Waals surface area (Å²) < 4.78 is 34.7. The van der Waals surface area contributed by atoms with Gasteiger partial charge >= 0.3 is 0 Å². The highest BCUT2D eigenvalue weighted by atomic mass is 32.2. The number of nitrogens with zero attached hydrogens (tertiary/aromatic N) is 1. The molecule has 146 valence electrons. The number of hydrogen-bond acceptors (Lipinski definition) is 4. The first-order chi connectivity index (χ1) is 12.8. The number of ether oxygens (including phenoxy) is 1. The number of methoxy groups -OCH3 is 1. The van der Waals surface area contributed by atoms with Crippen molar-refractivity contribution in [2.45, 2.75) is 44.9 Å². The molecule has 1 N–H and O–H groups in total. The van der Waals surface area contributed by atoms with Gasteiger partial charge < -0.3 is 9.64 Å².